The van der Waals surface area contributed by atoms with Crippen LogP contribution in [0, 0.1) is 0 Å². The second-order valence-electron chi connectivity index (χ2n) is 12.1. The van der Waals surface area contributed by atoms with Gasteiger partial charge >= 0.3 is 0 Å². The summed E-state index contributed by atoms with van der Waals surface area (Å²) >= 11 is 0. The van der Waals surface area contributed by atoms with E-state index in [1.807, 2.05) is 48.5 Å². The Hall–Kier alpha value is -4.88. The average Bonchev–Trinajstić information content (AvgIpc) is 3.17. The summed E-state index contributed by atoms with van der Waals surface area (Å²) in [5.41, 5.74) is 1.62. The molecule has 0 saturated carbocycles. The van der Waals surface area contributed by atoms with E-state index < -0.39 is 0 Å². The molecule has 2 saturated heterocycles. The summed E-state index contributed by atoms with van der Waals surface area (Å²) in [4.78, 5) is 24.3. The molecule has 13 heteroatoms. The number of benzene rings is 2. The maximum Gasteiger partial charge on any atom is 0.264 e. The minimum absolute atomic E-state index is 0.0387. The molecular formula is C36H46N8O5. The number of nitrogens with one attached hydrogen (secondary N) is 2. The summed E-state index contributed by atoms with van der Waals surface area (Å²) in [5, 5.41) is 6.84. The van der Waals surface area contributed by atoms with Gasteiger partial charge < -0.3 is 44.1 Å². The first-order chi connectivity index (χ1) is 24.0. The number of para-hydroxylation sites is 4. The molecule has 49 heavy (non-hydrogen) atoms. The highest BCUT2D eigenvalue weighted by Crippen LogP contribution is 2.35. The molecule has 0 radical (unpaired) electrons. The lowest BCUT2D eigenvalue weighted by Gasteiger charge is -2.31. The third kappa shape index (κ3) is 8.41. The van der Waals surface area contributed by atoms with Gasteiger partial charge in [0.25, 0.3) is 11.8 Å². The Labute approximate surface area is 287 Å². The predicted molar refractivity (Wildman–Crippen MR) is 188 cm³/mol. The number of hydrogen-bond acceptors (Lipinski definition) is 13. The molecule has 2 N–H and O–H groups in total. The fourth-order valence-corrected chi connectivity index (χ4v) is 5.72. The molecule has 0 spiro atoms. The van der Waals surface area contributed by atoms with E-state index in [0.29, 0.717) is 59.6 Å². The number of nitrogens with zero attached hydrogens (tertiary/aromatic N) is 6. The van der Waals surface area contributed by atoms with E-state index in [1.54, 1.807) is 26.6 Å². The summed E-state index contributed by atoms with van der Waals surface area (Å²) in [6.07, 6.45) is 3.53. The fourth-order valence-electron chi connectivity index (χ4n) is 5.72. The molecule has 2 fully saturated rings. The van der Waals surface area contributed by atoms with Crippen molar-refractivity contribution in [1.82, 2.24) is 30.6 Å². The van der Waals surface area contributed by atoms with Crippen molar-refractivity contribution >= 4 is 11.6 Å². The first-order valence-corrected chi connectivity index (χ1v) is 16.9. The highest BCUT2D eigenvalue weighted by Gasteiger charge is 2.26. The third-order valence-corrected chi connectivity index (χ3v) is 8.63. The van der Waals surface area contributed by atoms with E-state index in [9.17, 15) is 0 Å². The topological polar surface area (TPSA) is 128 Å². The highest BCUT2D eigenvalue weighted by atomic mass is 16.5. The van der Waals surface area contributed by atoms with Crippen LogP contribution in [0.1, 0.15) is 37.1 Å². The van der Waals surface area contributed by atoms with Crippen LogP contribution in [-0.2, 0) is 0 Å². The molecule has 13 nitrogen and oxygen atoms in total. The minimum Gasteiger partial charge on any atom is -0.493 e. The van der Waals surface area contributed by atoms with E-state index >= 15 is 0 Å². The lowest BCUT2D eigenvalue weighted by atomic mass is 10.1. The molecule has 2 aliphatic rings. The minimum atomic E-state index is -0.0387. The molecule has 2 aliphatic heterocycles. The van der Waals surface area contributed by atoms with Gasteiger partial charge in [-0.1, -0.05) is 38.1 Å². The molecule has 0 amide bonds. The van der Waals surface area contributed by atoms with E-state index in [4.69, 9.17) is 43.6 Å². The number of ether oxygens (including phenoxy) is 5. The number of aromatic nitrogens is 4. The van der Waals surface area contributed by atoms with Gasteiger partial charge in [0.05, 0.1) is 51.2 Å². The zero-order valence-corrected chi connectivity index (χ0v) is 28.7. The molecule has 2 unspecified atom stereocenters. The number of hydrogen-bond donors (Lipinski definition) is 2. The van der Waals surface area contributed by atoms with Crippen molar-refractivity contribution in [2.24, 2.45) is 0 Å². The van der Waals surface area contributed by atoms with E-state index in [2.05, 4.69) is 34.3 Å². The predicted octanol–water partition coefficient (Wildman–Crippen LogP) is 4.26. The molecule has 6 rings (SSSR count). The van der Waals surface area contributed by atoms with E-state index in [0.717, 1.165) is 63.7 Å². The Bertz CT molecular complexity index is 1540. The molecule has 0 aliphatic carbocycles. The lowest BCUT2D eigenvalue weighted by molar-refractivity contribution is 0.275. The second-order valence-corrected chi connectivity index (χ2v) is 12.1. The van der Waals surface area contributed by atoms with Crippen LogP contribution < -0.4 is 44.1 Å². The summed E-state index contributed by atoms with van der Waals surface area (Å²) in [5.74, 6) is 4.84. The lowest BCUT2D eigenvalue weighted by Crippen LogP contribution is -2.44. The molecule has 4 aromatic rings. The van der Waals surface area contributed by atoms with Crippen LogP contribution in [-0.4, -0.2) is 99.7 Å². The van der Waals surface area contributed by atoms with Gasteiger partial charge in [0.1, 0.15) is 0 Å². The number of piperazine rings is 2. The van der Waals surface area contributed by atoms with Crippen LogP contribution in [0.15, 0.2) is 60.9 Å². The van der Waals surface area contributed by atoms with Crippen molar-refractivity contribution in [2.75, 3.05) is 89.6 Å². The van der Waals surface area contributed by atoms with Crippen LogP contribution in [0.4, 0.5) is 11.6 Å². The van der Waals surface area contributed by atoms with Crippen LogP contribution in [0.5, 0.6) is 34.8 Å². The van der Waals surface area contributed by atoms with Gasteiger partial charge in [-0.05, 0) is 24.3 Å². The number of anilines is 2. The molecule has 2 atom stereocenters. The Morgan fingerprint density at radius 2 is 1.00 bits per heavy atom. The van der Waals surface area contributed by atoms with Crippen LogP contribution in [0.25, 0.3) is 0 Å². The normalized spacial score (nSPS) is 16.1. The summed E-state index contributed by atoms with van der Waals surface area (Å²) < 4.78 is 29.7. The van der Waals surface area contributed by atoms with Crippen LogP contribution in [0.2, 0.25) is 0 Å². The molecule has 4 heterocycles. The fraction of sp³-hybridized carbons (Fsp3) is 0.444. The van der Waals surface area contributed by atoms with Gasteiger partial charge in [-0.15, -0.1) is 0 Å². The smallest absolute Gasteiger partial charge is 0.264 e. The van der Waals surface area contributed by atoms with Crippen LogP contribution >= 0.6 is 0 Å². The molecular weight excluding hydrogens is 624 g/mol. The number of rotatable bonds is 14. The Balaban J connectivity index is 1.25. The number of methoxy groups -OCH3 is 2. The zero-order chi connectivity index (χ0) is 34.0. The van der Waals surface area contributed by atoms with Gasteiger partial charge in [-0.25, -0.2) is 19.9 Å². The Kier molecular flexibility index (Phi) is 11.4. The molecule has 0 bridgehead atoms. The highest BCUT2D eigenvalue weighted by molar-refractivity contribution is 5.55. The average molecular weight is 671 g/mol. The molecule has 260 valence electrons. The van der Waals surface area contributed by atoms with Crippen molar-refractivity contribution in [3.05, 3.63) is 72.3 Å². The molecule has 2 aromatic carbocycles. The van der Waals surface area contributed by atoms with Crippen molar-refractivity contribution in [3.63, 3.8) is 0 Å². The first-order valence-electron chi connectivity index (χ1n) is 16.9. The zero-order valence-electron chi connectivity index (χ0n) is 28.7. The van der Waals surface area contributed by atoms with Gasteiger partial charge in [-0.3, -0.25) is 0 Å². The van der Waals surface area contributed by atoms with Crippen molar-refractivity contribution < 1.29 is 23.7 Å². The van der Waals surface area contributed by atoms with Gasteiger partial charge in [0, 0.05) is 64.2 Å². The first kappa shape index (κ1) is 34.0. The van der Waals surface area contributed by atoms with Crippen molar-refractivity contribution in [3.8, 4) is 34.8 Å². The van der Waals surface area contributed by atoms with Crippen molar-refractivity contribution in [2.45, 2.75) is 25.7 Å². The summed E-state index contributed by atoms with van der Waals surface area (Å²) in [6, 6.07) is 15.3. The van der Waals surface area contributed by atoms with Crippen LogP contribution in [0.3, 0.4) is 0 Å². The maximum atomic E-state index is 6.57. The van der Waals surface area contributed by atoms with Gasteiger partial charge in [0.2, 0.25) is 0 Å². The maximum absolute atomic E-state index is 6.57. The third-order valence-electron chi connectivity index (χ3n) is 8.63. The van der Waals surface area contributed by atoms with Crippen molar-refractivity contribution in [1.29, 1.82) is 0 Å². The summed E-state index contributed by atoms with van der Waals surface area (Å²) in [6.45, 7) is 11.4. The van der Waals surface area contributed by atoms with Gasteiger partial charge in [-0.2, -0.15) is 0 Å². The molecule has 2 aromatic heterocycles. The quantitative estimate of drug-likeness (QED) is 0.199. The van der Waals surface area contributed by atoms with E-state index in [1.165, 1.54) is 0 Å². The van der Waals surface area contributed by atoms with Gasteiger partial charge in [0.15, 0.2) is 34.6 Å². The Morgan fingerprint density at radius 1 is 0.612 bits per heavy atom. The summed E-state index contributed by atoms with van der Waals surface area (Å²) in [7, 11) is 3.28. The second kappa shape index (κ2) is 16.5. The largest absolute Gasteiger partial charge is 0.493 e. The Morgan fingerprint density at radius 3 is 1.39 bits per heavy atom. The SMILES string of the molecule is COc1ccccc1OCC(C)c1cnc(Oc2ncc(C(C)COc3ccccc3OC)nc2N2CCNCC2)c(N2CCNCC2)n1. The standard InChI is InChI=1S/C36H46N8O5/c1-25(23-47-31-11-7-5-9-29(31)45-3)27-21-39-35(33(41-27)43-17-13-37-14-18-43)49-36-34(44-19-15-38-16-20-44)42-28(22-40-36)26(2)24-48-32-12-8-6-10-30(32)46-4/h5-12,21-22,25-26,37-38H,13-20,23-24H2,1-4H3. The van der Waals surface area contributed by atoms with E-state index in [-0.39, 0.29) is 11.8 Å². The monoisotopic (exact) mass is 670 g/mol.